The monoisotopic (exact) mass is 367 g/mol. The summed E-state index contributed by atoms with van der Waals surface area (Å²) in [6.07, 6.45) is 3.70. The number of aryl methyl sites for hydroxylation is 2. The molecule has 27 heavy (non-hydrogen) atoms. The minimum Gasteiger partial charge on any atom is -0.353 e. The minimum absolute atomic E-state index is 0.00427. The van der Waals surface area contributed by atoms with Crippen LogP contribution < -0.4 is 10.9 Å². The molecule has 1 N–H and O–H groups in total. The smallest absolute Gasteiger partial charge is 0.266 e. The van der Waals surface area contributed by atoms with Gasteiger partial charge in [0.15, 0.2) is 0 Å². The fourth-order valence-electron chi connectivity index (χ4n) is 3.76. The van der Waals surface area contributed by atoms with Gasteiger partial charge in [-0.05, 0) is 31.2 Å². The number of amides is 1. The molecule has 144 valence electrons. The van der Waals surface area contributed by atoms with Crippen molar-refractivity contribution in [1.29, 1.82) is 0 Å². The number of carbonyl (C=O) groups excluding carboxylic acids is 1. The third-order valence-corrected chi connectivity index (χ3v) is 5.82. The summed E-state index contributed by atoms with van der Waals surface area (Å²) in [4.78, 5) is 24.5. The normalized spacial score (nSPS) is 22.4. The van der Waals surface area contributed by atoms with Crippen LogP contribution in [0, 0.1) is 18.8 Å². The molecule has 0 bridgehead atoms. The Kier molecular flexibility index (Phi) is 6.09. The quantitative estimate of drug-likeness (QED) is 0.879. The number of nitrogens with zero attached hydrogens (tertiary/aromatic N) is 2. The predicted molar refractivity (Wildman–Crippen MR) is 107 cm³/mol. The van der Waals surface area contributed by atoms with Crippen molar-refractivity contribution in [3.05, 3.63) is 52.3 Å². The van der Waals surface area contributed by atoms with E-state index in [1.165, 1.54) is 22.7 Å². The van der Waals surface area contributed by atoms with Gasteiger partial charge in [-0.15, -0.1) is 0 Å². The highest BCUT2D eigenvalue weighted by atomic mass is 16.2. The maximum absolute atomic E-state index is 12.4. The van der Waals surface area contributed by atoms with Gasteiger partial charge in [-0.3, -0.25) is 9.59 Å². The minimum atomic E-state index is -0.182. The van der Waals surface area contributed by atoms with Gasteiger partial charge < -0.3 is 5.32 Å². The van der Waals surface area contributed by atoms with Crippen LogP contribution in [-0.4, -0.2) is 21.7 Å². The molecule has 2 aromatic rings. The lowest BCUT2D eigenvalue weighted by atomic mass is 9.78. The molecular weight excluding hydrogens is 338 g/mol. The Bertz CT molecular complexity index is 841. The summed E-state index contributed by atoms with van der Waals surface area (Å²) in [5.41, 5.74) is 2.70. The Balaban J connectivity index is 1.63. The van der Waals surface area contributed by atoms with E-state index in [0.29, 0.717) is 18.4 Å². The number of rotatable bonds is 5. The first-order valence-corrected chi connectivity index (χ1v) is 9.88. The lowest BCUT2D eigenvalue weighted by Gasteiger charge is -2.34. The molecule has 1 aromatic carbocycles. The zero-order valence-electron chi connectivity index (χ0n) is 16.4. The van der Waals surface area contributed by atoms with Crippen LogP contribution in [-0.2, 0) is 11.3 Å². The second-order valence-electron chi connectivity index (χ2n) is 7.84. The molecule has 3 rings (SSSR count). The van der Waals surface area contributed by atoms with Crippen molar-refractivity contribution in [2.75, 3.05) is 0 Å². The van der Waals surface area contributed by atoms with Gasteiger partial charge in [-0.1, -0.05) is 56.5 Å². The van der Waals surface area contributed by atoms with Gasteiger partial charge in [0.05, 0.1) is 12.2 Å². The third-order valence-electron chi connectivity index (χ3n) is 5.82. The molecule has 1 amide bonds. The van der Waals surface area contributed by atoms with E-state index < -0.39 is 0 Å². The maximum atomic E-state index is 12.4. The number of nitrogens with one attached hydrogen (secondary N) is 1. The van der Waals surface area contributed by atoms with Crippen LogP contribution in [0.4, 0.5) is 0 Å². The van der Waals surface area contributed by atoms with E-state index in [9.17, 15) is 9.59 Å². The molecule has 5 nitrogen and oxygen atoms in total. The van der Waals surface area contributed by atoms with Crippen LogP contribution in [0.15, 0.2) is 41.2 Å². The first-order valence-electron chi connectivity index (χ1n) is 9.88. The van der Waals surface area contributed by atoms with Gasteiger partial charge >= 0.3 is 0 Å². The maximum Gasteiger partial charge on any atom is 0.266 e. The van der Waals surface area contributed by atoms with Crippen molar-refractivity contribution in [3.8, 4) is 11.3 Å². The second-order valence-corrected chi connectivity index (χ2v) is 7.84. The van der Waals surface area contributed by atoms with Crippen LogP contribution in [0.3, 0.4) is 0 Å². The van der Waals surface area contributed by atoms with Crippen LogP contribution >= 0.6 is 0 Å². The van der Waals surface area contributed by atoms with Crippen molar-refractivity contribution in [1.82, 2.24) is 15.1 Å². The zero-order chi connectivity index (χ0) is 19.4. The van der Waals surface area contributed by atoms with Gasteiger partial charge in [0.1, 0.15) is 0 Å². The summed E-state index contributed by atoms with van der Waals surface area (Å²) in [6, 6.07) is 11.5. The van der Waals surface area contributed by atoms with E-state index in [-0.39, 0.29) is 23.9 Å². The molecular formula is C22H29N3O2. The number of benzene rings is 1. The van der Waals surface area contributed by atoms with Crippen molar-refractivity contribution in [3.63, 3.8) is 0 Å². The Morgan fingerprint density at radius 2 is 1.89 bits per heavy atom. The summed E-state index contributed by atoms with van der Waals surface area (Å²) in [7, 11) is 0. The highest BCUT2D eigenvalue weighted by molar-refractivity contribution is 5.76. The van der Waals surface area contributed by atoms with Crippen molar-refractivity contribution in [2.45, 2.75) is 59.0 Å². The first kappa shape index (κ1) is 19.3. The van der Waals surface area contributed by atoms with Crippen molar-refractivity contribution in [2.24, 2.45) is 11.8 Å². The van der Waals surface area contributed by atoms with Gasteiger partial charge in [0, 0.05) is 24.1 Å². The van der Waals surface area contributed by atoms with E-state index in [1.54, 1.807) is 6.07 Å². The van der Waals surface area contributed by atoms with Crippen molar-refractivity contribution < 1.29 is 4.79 Å². The molecule has 0 unspecified atom stereocenters. The van der Waals surface area contributed by atoms with E-state index >= 15 is 0 Å². The average Bonchev–Trinajstić information content (AvgIpc) is 2.65. The molecule has 1 aliphatic carbocycles. The van der Waals surface area contributed by atoms with Crippen molar-refractivity contribution >= 4 is 5.91 Å². The molecule has 0 radical (unpaired) electrons. The van der Waals surface area contributed by atoms with E-state index in [0.717, 1.165) is 24.1 Å². The molecule has 1 fully saturated rings. The fraction of sp³-hybridized carbons (Fsp3) is 0.500. The molecule has 0 spiro atoms. The fourth-order valence-corrected chi connectivity index (χ4v) is 3.76. The predicted octanol–water partition coefficient (Wildman–Crippen LogP) is 3.55. The Labute approximate surface area is 160 Å². The topological polar surface area (TPSA) is 64.0 Å². The van der Waals surface area contributed by atoms with Crippen LogP contribution in [0.1, 0.15) is 45.1 Å². The SMILES string of the molecule is Cc1ccc(-c2ccc(=O)n(CCC(=O)N[C@@H]3CCC[C@@H](C)[C@@H]3C)n2)cc1. The van der Waals surface area contributed by atoms with E-state index in [4.69, 9.17) is 0 Å². The Morgan fingerprint density at radius 3 is 2.63 bits per heavy atom. The summed E-state index contributed by atoms with van der Waals surface area (Å²) in [6.45, 7) is 6.79. The third kappa shape index (κ3) is 4.85. The average molecular weight is 367 g/mol. The summed E-state index contributed by atoms with van der Waals surface area (Å²) in [5, 5.41) is 7.60. The molecule has 3 atom stereocenters. The largest absolute Gasteiger partial charge is 0.353 e. The van der Waals surface area contributed by atoms with Crippen LogP contribution in [0.2, 0.25) is 0 Å². The lowest BCUT2D eigenvalue weighted by molar-refractivity contribution is -0.122. The molecule has 1 aromatic heterocycles. The van der Waals surface area contributed by atoms with Gasteiger partial charge in [-0.2, -0.15) is 5.10 Å². The van der Waals surface area contributed by atoms with Gasteiger partial charge in [0.2, 0.25) is 5.91 Å². The van der Waals surface area contributed by atoms with E-state index in [1.807, 2.05) is 31.2 Å². The first-order chi connectivity index (χ1) is 12.9. The summed E-state index contributed by atoms with van der Waals surface area (Å²) < 4.78 is 1.39. The molecule has 0 saturated heterocycles. The highest BCUT2D eigenvalue weighted by Crippen LogP contribution is 2.29. The summed E-state index contributed by atoms with van der Waals surface area (Å²) in [5.74, 6) is 1.13. The number of aromatic nitrogens is 2. The summed E-state index contributed by atoms with van der Waals surface area (Å²) >= 11 is 0. The number of hydrogen-bond donors (Lipinski definition) is 1. The standard InChI is InChI=1S/C22H29N3O2/c1-15-7-9-18(10-8-15)20-11-12-22(27)25(24-20)14-13-21(26)23-19-6-4-5-16(2)17(19)3/h7-12,16-17,19H,4-6,13-14H2,1-3H3,(H,23,26)/t16-,17+,19-/m1/s1. The number of hydrogen-bond acceptors (Lipinski definition) is 3. The molecule has 0 aliphatic heterocycles. The zero-order valence-corrected chi connectivity index (χ0v) is 16.4. The highest BCUT2D eigenvalue weighted by Gasteiger charge is 2.27. The Morgan fingerprint density at radius 1 is 1.15 bits per heavy atom. The molecule has 1 saturated carbocycles. The molecule has 1 aliphatic rings. The Hall–Kier alpha value is -2.43. The van der Waals surface area contributed by atoms with Crippen LogP contribution in [0.25, 0.3) is 11.3 Å². The van der Waals surface area contributed by atoms with Crippen LogP contribution in [0.5, 0.6) is 0 Å². The van der Waals surface area contributed by atoms with Gasteiger partial charge in [0.25, 0.3) is 5.56 Å². The lowest BCUT2D eigenvalue weighted by Crippen LogP contribution is -2.44. The molecule has 5 heteroatoms. The second kappa shape index (κ2) is 8.51. The van der Waals surface area contributed by atoms with Gasteiger partial charge in [-0.25, -0.2) is 4.68 Å². The molecule has 1 heterocycles. The van der Waals surface area contributed by atoms with E-state index in [2.05, 4.69) is 24.3 Å². The number of carbonyl (C=O) groups is 1.